The summed E-state index contributed by atoms with van der Waals surface area (Å²) in [5.41, 5.74) is 1.00. The lowest BCUT2D eigenvalue weighted by atomic mass is 10.0. The van der Waals surface area contributed by atoms with E-state index in [0.717, 1.165) is 17.0 Å². The van der Waals surface area contributed by atoms with Crippen molar-refractivity contribution in [2.24, 2.45) is 0 Å². The molecule has 1 fully saturated rings. The summed E-state index contributed by atoms with van der Waals surface area (Å²) in [4.78, 5) is 0. The minimum atomic E-state index is -0.565. The first-order chi connectivity index (χ1) is 6.77. The summed E-state index contributed by atoms with van der Waals surface area (Å²) >= 11 is 5.93. The smallest absolute Gasteiger partial charge is 0.194 e. The van der Waals surface area contributed by atoms with Crippen LogP contribution in [0.3, 0.4) is 0 Å². The van der Waals surface area contributed by atoms with Crippen molar-refractivity contribution in [1.29, 1.82) is 0 Å². The molecule has 0 N–H and O–H groups in total. The van der Waals surface area contributed by atoms with E-state index in [1.54, 1.807) is 0 Å². The van der Waals surface area contributed by atoms with Crippen LogP contribution in [0.1, 0.15) is 18.9 Å². The summed E-state index contributed by atoms with van der Waals surface area (Å²) < 4.78 is 11.3. The molecule has 3 heteroatoms. The van der Waals surface area contributed by atoms with E-state index in [0.29, 0.717) is 13.2 Å². The Balaban J connectivity index is 2.35. The van der Waals surface area contributed by atoms with E-state index in [-0.39, 0.29) is 0 Å². The van der Waals surface area contributed by atoms with Crippen LogP contribution >= 0.6 is 11.6 Å². The minimum absolute atomic E-state index is 0.565. The van der Waals surface area contributed by atoms with Gasteiger partial charge in [0, 0.05) is 17.0 Å². The van der Waals surface area contributed by atoms with Gasteiger partial charge in [0.25, 0.3) is 0 Å². The summed E-state index contributed by atoms with van der Waals surface area (Å²) in [6.07, 6.45) is 0.799. The lowest BCUT2D eigenvalue weighted by Gasteiger charge is -2.26. The highest BCUT2D eigenvalue weighted by Crippen LogP contribution is 2.35. The molecule has 1 saturated heterocycles. The van der Waals surface area contributed by atoms with Gasteiger partial charge in [-0.2, -0.15) is 0 Å². The van der Waals surface area contributed by atoms with Crippen LogP contribution in [0.15, 0.2) is 24.3 Å². The van der Waals surface area contributed by atoms with Crippen LogP contribution in [0.4, 0.5) is 0 Å². The molecule has 0 atom stereocenters. The number of halogens is 1. The first-order valence-corrected chi connectivity index (χ1v) is 5.18. The van der Waals surface area contributed by atoms with Gasteiger partial charge >= 0.3 is 0 Å². The van der Waals surface area contributed by atoms with Gasteiger partial charge in [-0.3, -0.25) is 0 Å². The Morgan fingerprint density at radius 2 is 2.07 bits per heavy atom. The van der Waals surface area contributed by atoms with Crippen LogP contribution in [0.25, 0.3) is 0 Å². The number of ether oxygens (including phenoxy) is 2. The summed E-state index contributed by atoms with van der Waals surface area (Å²) in [6, 6.07) is 7.65. The highest BCUT2D eigenvalue weighted by Gasteiger charge is 2.36. The van der Waals surface area contributed by atoms with E-state index in [4.69, 9.17) is 21.1 Å². The first kappa shape index (κ1) is 9.97. The Labute approximate surface area is 88.8 Å². The lowest BCUT2D eigenvalue weighted by Crippen LogP contribution is -2.25. The average Bonchev–Trinajstić information content (AvgIpc) is 2.67. The number of benzene rings is 1. The molecule has 0 unspecified atom stereocenters. The Morgan fingerprint density at radius 3 is 2.64 bits per heavy atom. The van der Waals surface area contributed by atoms with E-state index in [1.807, 2.05) is 31.2 Å². The molecule has 1 heterocycles. The highest BCUT2D eigenvalue weighted by molar-refractivity contribution is 6.30. The van der Waals surface area contributed by atoms with E-state index >= 15 is 0 Å². The van der Waals surface area contributed by atoms with E-state index in [2.05, 4.69) is 0 Å². The molecule has 1 aliphatic rings. The van der Waals surface area contributed by atoms with E-state index < -0.39 is 5.79 Å². The van der Waals surface area contributed by atoms with Crippen molar-refractivity contribution in [3.8, 4) is 0 Å². The molecule has 1 aromatic rings. The van der Waals surface area contributed by atoms with Crippen LogP contribution in [0.2, 0.25) is 5.02 Å². The maximum atomic E-state index is 5.93. The van der Waals surface area contributed by atoms with Crippen LogP contribution < -0.4 is 0 Å². The first-order valence-electron chi connectivity index (χ1n) is 4.81. The van der Waals surface area contributed by atoms with Gasteiger partial charge in [0.1, 0.15) is 0 Å². The van der Waals surface area contributed by atoms with Crippen molar-refractivity contribution in [3.63, 3.8) is 0 Å². The quantitative estimate of drug-likeness (QED) is 0.751. The molecular weight excluding hydrogens is 200 g/mol. The predicted octanol–water partition coefficient (Wildman–Crippen LogP) is 2.95. The number of hydrogen-bond acceptors (Lipinski definition) is 2. The largest absolute Gasteiger partial charge is 0.343 e. The maximum Gasteiger partial charge on any atom is 0.194 e. The second-order valence-electron chi connectivity index (χ2n) is 3.31. The standard InChI is InChI=1S/C11H13ClO2/c1-2-11(13-6-7-14-11)9-4-3-5-10(12)8-9/h3-5,8H,2,6-7H2,1H3. The van der Waals surface area contributed by atoms with Gasteiger partial charge in [0.05, 0.1) is 13.2 Å². The molecule has 0 radical (unpaired) electrons. The van der Waals surface area contributed by atoms with Crippen LogP contribution in [0, 0.1) is 0 Å². The zero-order valence-corrected chi connectivity index (χ0v) is 8.88. The van der Waals surface area contributed by atoms with E-state index in [9.17, 15) is 0 Å². The summed E-state index contributed by atoms with van der Waals surface area (Å²) in [5.74, 6) is -0.565. The molecule has 2 nitrogen and oxygen atoms in total. The molecule has 1 aromatic carbocycles. The fraction of sp³-hybridized carbons (Fsp3) is 0.455. The fourth-order valence-electron chi connectivity index (χ4n) is 1.76. The Morgan fingerprint density at radius 1 is 1.36 bits per heavy atom. The van der Waals surface area contributed by atoms with Crippen molar-refractivity contribution in [1.82, 2.24) is 0 Å². The fourth-order valence-corrected chi connectivity index (χ4v) is 1.95. The zero-order valence-electron chi connectivity index (χ0n) is 8.13. The van der Waals surface area contributed by atoms with Crippen LogP contribution in [-0.4, -0.2) is 13.2 Å². The molecule has 76 valence electrons. The predicted molar refractivity (Wildman–Crippen MR) is 55.3 cm³/mol. The Bertz CT molecular complexity index is 319. The molecule has 0 aliphatic carbocycles. The summed E-state index contributed by atoms with van der Waals surface area (Å²) in [5, 5.41) is 0.717. The van der Waals surface area contributed by atoms with Gasteiger partial charge in [0.15, 0.2) is 5.79 Å². The second-order valence-corrected chi connectivity index (χ2v) is 3.75. The average molecular weight is 213 g/mol. The van der Waals surface area contributed by atoms with Crippen molar-refractivity contribution < 1.29 is 9.47 Å². The topological polar surface area (TPSA) is 18.5 Å². The molecule has 0 spiro atoms. The molecule has 0 amide bonds. The van der Waals surface area contributed by atoms with Gasteiger partial charge in [-0.25, -0.2) is 0 Å². The van der Waals surface area contributed by atoms with Crippen LogP contribution in [-0.2, 0) is 15.3 Å². The van der Waals surface area contributed by atoms with Crippen molar-refractivity contribution in [2.45, 2.75) is 19.1 Å². The van der Waals surface area contributed by atoms with Gasteiger partial charge in [-0.05, 0) is 12.1 Å². The maximum absolute atomic E-state index is 5.93. The van der Waals surface area contributed by atoms with Gasteiger partial charge in [0.2, 0.25) is 0 Å². The molecule has 14 heavy (non-hydrogen) atoms. The zero-order chi connectivity index (χ0) is 10.0. The van der Waals surface area contributed by atoms with E-state index in [1.165, 1.54) is 0 Å². The molecule has 0 bridgehead atoms. The SMILES string of the molecule is CCC1(c2cccc(Cl)c2)OCCO1. The summed E-state index contributed by atoms with van der Waals surface area (Å²) in [7, 11) is 0. The minimum Gasteiger partial charge on any atom is -0.343 e. The van der Waals surface area contributed by atoms with Crippen molar-refractivity contribution >= 4 is 11.6 Å². The third-order valence-electron chi connectivity index (χ3n) is 2.48. The third-order valence-corrected chi connectivity index (χ3v) is 2.72. The lowest BCUT2D eigenvalue weighted by molar-refractivity contribution is -0.167. The van der Waals surface area contributed by atoms with Crippen LogP contribution in [0.5, 0.6) is 0 Å². The van der Waals surface area contributed by atoms with Gasteiger partial charge < -0.3 is 9.47 Å². The second kappa shape index (κ2) is 3.89. The number of rotatable bonds is 2. The Hall–Kier alpha value is -0.570. The molecule has 1 aliphatic heterocycles. The Kier molecular flexibility index (Phi) is 2.77. The van der Waals surface area contributed by atoms with Crippen molar-refractivity contribution in [2.75, 3.05) is 13.2 Å². The molecular formula is C11H13ClO2. The molecule has 0 saturated carbocycles. The van der Waals surface area contributed by atoms with Gasteiger partial charge in [-0.15, -0.1) is 0 Å². The van der Waals surface area contributed by atoms with Gasteiger partial charge in [-0.1, -0.05) is 30.7 Å². The normalized spacial score (nSPS) is 19.9. The highest BCUT2D eigenvalue weighted by atomic mass is 35.5. The number of hydrogen-bond donors (Lipinski definition) is 0. The molecule has 2 rings (SSSR count). The third kappa shape index (κ3) is 1.65. The summed E-state index contributed by atoms with van der Waals surface area (Å²) in [6.45, 7) is 3.35. The van der Waals surface area contributed by atoms with Crippen molar-refractivity contribution in [3.05, 3.63) is 34.9 Å². The monoisotopic (exact) mass is 212 g/mol. The molecule has 0 aromatic heterocycles.